The van der Waals surface area contributed by atoms with Gasteiger partial charge < -0.3 is 10.8 Å². The Morgan fingerprint density at radius 1 is 1.44 bits per heavy atom. The van der Waals surface area contributed by atoms with E-state index >= 15 is 0 Å². The predicted octanol–water partition coefficient (Wildman–Crippen LogP) is 2.60. The van der Waals surface area contributed by atoms with Crippen LogP contribution in [0.3, 0.4) is 0 Å². The van der Waals surface area contributed by atoms with Gasteiger partial charge in [0.1, 0.15) is 6.04 Å². The normalized spacial score (nSPS) is 13.6. The van der Waals surface area contributed by atoms with Crippen LogP contribution in [0.2, 0.25) is 5.02 Å². The van der Waals surface area contributed by atoms with Gasteiger partial charge in [-0.2, -0.15) is 13.2 Å². The highest BCUT2D eigenvalue weighted by atomic mass is 35.5. The van der Waals surface area contributed by atoms with Crippen LogP contribution in [0.25, 0.3) is 0 Å². The average molecular weight is 254 g/mol. The van der Waals surface area contributed by atoms with Crippen molar-refractivity contribution in [2.24, 2.45) is 5.73 Å². The maximum Gasteiger partial charge on any atom is 0.407 e. The average Bonchev–Trinajstić information content (AvgIpc) is 2.15. The molecule has 0 amide bonds. The Kier molecular flexibility index (Phi) is 3.44. The summed E-state index contributed by atoms with van der Waals surface area (Å²) in [7, 11) is 0. The van der Waals surface area contributed by atoms with Crippen molar-refractivity contribution in [3.8, 4) is 0 Å². The van der Waals surface area contributed by atoms with Gasteiger partial charge in [0.15, 0.2) is 0 Å². The van der Waals surface area contributed by atoms with Crippen molar-refractivity contribution >= 4 is 17.6 Å². The first-order valence-electron chi connectivity index (χ1n) is 4.08. The number of hydrogen-bond acceptors (Lipinski definition) is 2. The zero-order chi connectivity index (χ0) is 12.5. The maximum absolute atomic E-state index is 12.3. The van der Waals surface area contributed by atoms with Crippen LogP contribution in [-0.2, 0) is 0 Å². The number of carboxylic acid groups (broad SMARTS) is 1. The molecular weight excluding hydrogens is 247 g/mol. The van der Waals surface area contributed by atoms with E-state index in [0.717, 1.165) is 18.2 Å². The minimum atomic E-state index is -4.62. The van der Waals surface area contributed by atoms with Crippen molar-refractivity contribution in [2.45, 2.75) is 12.2 Å². The Morgan fingerprint density at radius 2 is 2.00 bits per heavy atom. The molecule has 0 saturated carbocycles. The second kappa shape index (κ2) is 4.31. The number of aromatic carboxylic acids is 1. The molecule has 7 heteroatoms. The van der Waals surface area contributed by atoms with Crippen LogP contribution in [0.5, 0.6) is 0 Å². The molecule has 0 unspecified atom stereocenters. The molecule has 3 nitrogen and oxygen atoms in total. The Bertz CT molecular complexity index is 420. The summed E-state index contributed by atoms with van der Waals surface area (Å²) in [6.07, 6.45) is -4.62. The van der Waals surface area contributed by atoms with Crippen molar-refractivity contribution in [1.29, 1.82) is 0 Å². The molecule has 1 aromatic carbocycles. The van der Waals surface area contributed by atoms with E-state index in [1.807, 2.05) is 0 Å². The van der Waals surface area contributed by atoms with Crippen LogP contribution in [0.4, 0.5) is 13.2 Å². The second-order valence-electron chi connectivity index (χ2n) is 3.06. The number of alkyl halides is 3. The molecule has 1 aromatic rings. The molecular formula is C9H7ClF3NO2. The summed E-state index contributed by atoms with van der Waals surface area (Å²) in [5, 5.41) is 8.27. The quantitative estimate of drug-likeness (QED) is 0.851. The highest BCUT2D eigenvalue weighted by molar-refractivity contribution is 6.31. The van der Waals surface area contributed by atoms with Gasteiger partial charge in [-0.05, 0) is 17.7 Å². The summed E-state index contributed by atoms with van der Waals surface area (Å²) >= 11 is 5.53. The molecule has 1 rings (SSSR count). The third kappa shape index (κ3) is 2.65. The lowest BCUT2D eigenvalue weighted by molar-refractivity contribution is -0.149. The first-order valence-corrected chi connectivity index (χ1v) is 4.46. The van der Waals surface area contributed by atoms with Crippen LogP contribution in [-0.4, -0.2) is 17.3 Å². The molecule has 0 radical (unpaired) electrons. The van der Waals surface area contributed by atoms with Crippen LogP contribution in [0, 0.1) is 0 Å². The monoisotopic (exact) mass is 253 g/mol. The fourth-order valence-electron chi connectivity index (χ4n) is 1.09. The zero-order valence-electron chi connectivity index (χ0n) is 7.75. The van der Waals surface area contributed by atoms with E-state index < -0.39 is 18.2 Å². The molecule has 0 saturated heterocycles. The highest BCUT2D eigenvalue weighted by Crippen LogP contribution is 2.34. The Balaban J connectivity index is 3.13. The molecule has 1 atom stereocenters. The van der Waals surface area contributed by atoms with Crippen molar-refractivity contribution < 1.29 is 23.1 Å². The molecule has 0 bridgehead atoms. The minimum Gasteiger partial charge on any atom is -0.478 e. The fourth-order valence-corrected chi connectivity index (χ4v) is 1.39. The van der Waals surface area contributed by atoms with E-state index in [1.165, 1.54) is 0 Å². The molecule has 0 aliphatic carbocycles. The standard InChI is InChI=1S/C9H7ClF3NO2/c10-6-3-4(8(15)16)1-2-5(6)7(14)9(11,12)13/h1-3,7H,14H2,(H,15,16)/t7-/m1/s1. The van der Waals surface area contributed by atoms with Gasteiger partial charge in [0.2, 0.25) is 0 Å². The van der Waals surface area contributed by atoms with Gasteiger partial charge in [0, 0.05) is 5.02 Å². The first-order chi connectivity index (χ1) is 7.23. The third-order valence-corrected chi connectivity index (χ3v) is 2.26. The SMILES string of the molecule is N[C@H](c1ccc(C(=O)O)cc1Cl)C(F)(F)F. The highest BCUT2D eigenvalue weighted by Gasteiger charge is 2.38. The number of carboxylic acids is 1. The number of rotatable bonds is 2. The van der Waals surface area contributed by atoms with Crippen molar-refractivity contribution in [3.05, 3.63) is 34.3 Å². The Labute approximate surface area is 93.6 Å². The van der Waals surface area contributed by atoms with Gasteiger partial charge in [-0.3, -0.25) is 0 Å². The van der Waals surface area contributed by atoms with Crippen molar-refractivity contribution in [2.75, 3.05) is 0 Å². The Morgan fingerprint density at radius 3 is 2.38 bits per heavy atom. The second-order valence-corrected chi connectivity index (χ2v) is 3.47. The van der Waals surface area contributed by atoms with E-state index in [2.05, 4.69) is 0 Å². The van der Waals surface area contributed by atoms with Gasteiger partial charge in [-0.15, -0.1) is 0 Å². The largest absolute Gasteiger partial charge is 0.478 e. The minimum absolute atomic E-state index is 0.192. The summed E-state index contributed by atoms with van der Waals surface area (Å²) in [4.78, 5) is 10.5. The smallest absolute Gasteiger partial charge is 0.407 e. The van der Waals surface area contributed by atoms with E-state index in [0.29, 0.717) is 0 Å². The van der Waals surface area contributed by atoms with Gasteiger partial charge in [-0.1, -0.05) is 17.7 Å². The molecule has 0 aliphatic rings. The molecule has 0 spiro atoms. The fraction of sp³-hybridized carbons (Fsp3) is 0.222. The van der Waals surface area contributed by atoms with Crippen LogP contribution in [0.15, 0.2) is 18.2 Å². The van der Waals surface area contributed by atoms with Crippen molar-refractivity contribution in [1.82, 2.24) is 0 Å². The zero-order valence-corrected chi connectivity index (χ0v) is 8.51. The summed E-state index contributed by atoms with van der Waals surface area (Å²) in [6.45, 7) is 0. The van der Waals surface area contributed by atoms with Gasteiger partial charge in [0.05, 0.1) is 5.56 Å². The number of nitrogens with two attached hydrogens (primary N) is 1. The lowest BCUT2D eigenvalue weighted by Crippen LogP contribution is -2.28. The van der Waals surface area contributed by atoms with Gasteiger partial charge >= 0.3 is 12.1 Å². The number of benzene rings is 1. The topological polar surface area (TPSA) is 63.3 Å². The summed E-state index contributed by atoms with van der Waals surface area (Å²) < 4.78 is 36.8. The van der Waals surface area contributed by atoms with Gasteiger partial charge in [0.25, 0.3) is 0 Å². The van der Waals surface area contributed by atoms with Crippen LogP contribution < -0.4 is 5.73 Å². The van der Waals surface area contributed by atoms with Crippen molar-refractivity contribution in [3.63, 3.8) is 0 Å². The molecule has 3 N–H and O–H groups in total. The summed E-state index contributed by atoms with van der Waals surface area (Å²) in [6, 6.07) is 0.701. The van der Waals surface area contributed by atoms with E-state index in [9.17, 15) is 18.0 Å². The number of hydrogen-bond donors (Lipinski definition) is 2. The van der Waals surface area contributed by atoms with E-state index in [-0.39, 0.29) is 16.1 Å². The molecule has 0 aliphatic heterocycles. The van der Waals surface area contributed by atoms with Gasteiger partial charge in [-0.25, -0.2) is 4.79 Å². The molecule has 0 heterocycles. The lowest BCUT2D eigenvalue weighted by atomic mass is 10.1. The maximum atomic E-state index is 12.3. The first kappa shape index (κ1) is 12.8. The Hall–Kier alpha value is -1.27. The molecule has 0 aromatic heterocycles. The molecule has 88 valence electrons. The van der Waals surface area contributed by atoms with E-state index in [1.54, 1.807) is 0 Å². The number of halogens is 4. The third-order valence-electron chi connectivity index (χ3n) is 1.94. The lowest BCUT2D eigenvalue weighted by Gasteiger charge is -2.17. The number of carbonyl (C=O) groups is 1. The molecule has 0 fully saturated rings. The van der Waals surface area contributed by atoms with E-state index in [4.69, 9.17) is 22.4 Å². The summed E-state index contributed by atoms with van der Waals surface area (Å²) in [5.74, 6) is -1.27. The van der Waals surface area contributed by atoms with Crippen LogP contribution >= 0.6 is 11.6 Å². The summed E-state index contributed by atoms with van der Waals surface area (Å²) in [5.41, 5.74) is 4.40. The van der Waals surface area contributed by atoms with Crippen LogP contribution in [0.1, 0.15) is 22.0 Å². The molecule has 16 heavy (non-hydrogen) atoms. The predicted molar refractivity (Wildman–Crippen MR) is 51.4 cm³/mol.